The average Bonchev–Trinajstić information content (AvgIpc) is 3.17. The molecule has 6 heteroatoms. The van der Waals surface area contributed by atoms with Crippen molar-refractivity contribution in [3.63, 3.8) is 0 Å². The number of carbonyl (C=O) groups excluding carboxylic acids is 2. The van der Waals surface area contributed by atoms with Crippen LogP contribution < -0.4 is 5.32 Å². The maximum atomic E-state index is 12.6. The first kappa shape index (κ1) is 15.9. The summed E-state index contributed by atoms with van der Waals surface area (Å²) in [7, 11) is 0. The van der Waals surface area contributed by atoms with Crippen molar-refractivity contribution in [3.05, 3.63) is 47.3 Å². The van der Waals surface area contributed by atoms with Crippen molar-refractivity contribution in [2.24, 2.45) is 0 Å². The van der Waals surface area contributed by atoms with Crippen LogP contribution >= 0.6 is 0 Å². The van der Waals surface area contributed by atoms with Gasteiger partial charge in [-0.3, -0.25) is 4.79 Å². The van der Waals surface area contributed by atoms with E-state index in [4.69, 9.17) is 4.74 Å². The monoisotopic (exact) mass is 339 g/mol. The highest BCUT2D eigenvalue weighted by molar-refractivity contribution is 5.92. The molecule has 2 aliphatic rings. The van der Waals surface area contributed by atoms with Gasteiger partial charge in [0.05, 0.1) is 5.69 Å². The zero-order valence-corrected chi connectivity index (χ0v) is 14.2. The lowest BCUT2D eigenvalue weighted by atomic mass is 10.2. The van der Waals surface area contributed by atoms with E-state index in [2.05, 4.69) is 10.4 Å². The van der Waals surface area contributed by atoms with E-state index in [1.54, 1.807) is 6.92 Å². The number of hydrogen-bond acceptors (Lipinski definition) is 4. The van der Waals surface area contributed by atoms with E-state index in [0.29, 0.717) is 5.69 Å². The number of benzene rings is 1. The first-order valence-electron chi connectivity index (χ1n) is 8.81. The van der Waals surface area contributed by atoms with Crippen molar-refractivity contribution in [2.45, 2.75) is 51.2 Å². The fraction of sp³-hybridized carbons (Fsp3) is 0.421. The maximum absolute atomic E-state index is 12.6. The third-order valence-electron chi connectivity index (χ3n) is 4.70. The van der Waals surface area contributed by atoms with Crippen LogP contribution in [-0.2, 0) is 22.4 Å². The Labute approximate surface area is 146 Å². The number of hydrogen-bond donors (Lipinski definition) is 1. The van der Waals surface area contributed by atoms with Crippen molar-refractivity contribution in [1.29, 1.82) is 0 Å². The number of para-hydroxylation sites is 1. The van der Waals surface area contributed by atoms with Crippen LogP contribution in [0.1, 0.15) is 47.9 Å². The van der Waals surface area contributed by atoms with Crippen molar-refractivity contribution >= 4 is 11.9 Å². The molecule has 1 saturated carbocycles. The first-order valence-corrected chi connectivity index (χ1v) is 8.81. The molecule has 1 aromatic heterocycles. The van der Waals surface area contributed by atoms with Crippen LogP contribution in [0.25, 0.3) is 5.69 Å². The van der Waals surface area contributed by atoms with E-state index in [0.717, 1.165) is 49.0 Å². The molecule has 1 atom stereocenters. The van der Waals surface area contributed by atoms with Gasteiger partial charge in [-0.1, -0.05) is 18.2 Å². The second-order valence-electron chi connectivity index (χ2n) is 6.71. The molecule has 2 aromatic rings. The topological polar surface area (TPSA) is 73.2 Å². The summed E-state index contributed by atoms with van der Waals surface area (Å²) in [6, 6.07) is 10.0. The molecule has 0 bridgehead atoms. The summed E-state index contributed by atoms with van der Waals surface area (Å²) in [5, 5.41) is 7.35. The van der Waals surface area contributed by atoms with Crippen LogP contribution in [0.15, 0.2) is 30.3 Å². The summed E-state index contributed by atoms with van der Waals surface area (Å²) in [6.45, 7) is 1.60. The molecule has 1 N–H and O–H groups in total. The standard InChI is InChI=1S/C19H21N3O3/c1-12(18(23)20-13-10-11-13)25-19(24)17-15-8-5-9-16(15)22(21-17)14-6-3-2-4-7-14/h2-4,6-7,12-13H,5,8-11H2,1H3,(H,20,23)/t12-/m0/s1. The largest absolute Gasteiger partial charge is 0.448 e. The molecule has 1 heterocycles. The van der Waals surface area contributed by atoms with E-state index in [1.165, 1.54) is 0 Å². The van der Waals surface area contributed by atoms with Gasteiger partial charge < -0.3 is 10.1 Å². The minimum atomic E-state index is -0.813. The van der Waals surface area contributed by atoms with Crippen LogP contribution in [0.4, 0.5) is 0 Å². The minimum Gasteiger partial charge on any atom is -0.448 e. The van der Waals surface area contributed by atoms with E-state index >= 15 is 0 Å². The summed E-state index contributed by atoms with van der Waals surface area (Å²) >= 11 is 0. The summed E-state index contributed by atoms with van der Waals surface area (Å²) in [6.07, 6.45) is 3.89. The second-order valence-corrected chi connectivity index (χ2v) is 6.71. The fourth-order valence-electron chi connectivity index (χ4n) is 3.20. The number of rotatable bonds is 5. The number of amides is 1. The van der Waals surface area contributed by atoms with Crippen molar-refractivity contribution in [3.8, 4) is 5.69 Å². The van der Waals surface area contributed by atoms with Crippen molar-refractivity contribution < 1.29 is 14.3 Å². The molecule has 1 fully saturated rings. The van der Waals surface area contributed by atoms with E-state index in [1.807, 2.05) is 35.0 Å². The van der Waals surface area contributed by atoms with Gasteiger partial charge >= 0.3 is 5.97 Å². The average molecular weight is 339 g/mol. The Morgan fingerprint density at radius 1 is 1.24 bits per heavy atom. The predicted molar refractivity (Wildman–Crippen MR) is 91.6 cm³/mol. The number of ether oxygens (including phenoxy) is 1. The number of fused-ring (bicyclic) bond motifs is 1. The van der Waals surface area contributed by atoms with Crippen molar-refractivity contribution in [1.82, 2.24) is 15.1 Å². The van der Waals surface area contributed by atoms with Gasteiger partial charge in [0, 0.05) is 17.3 Å². The van der Waals surface area contributed by atoms with Gasteiger partial charge in [0.15, 0.2) is 11.8 Å². The zero-order chi connectivity index (χ0) is 17.4. The molecule has 0 aliphatic heterocycles. The number of nitrogens with zero attached hydrogens (tertiary/aromatic N) is 2. The quantitative estimate of drug-likeness (QED) is 0.848. The highest BCUT2D eigenvalue weighted by Gasteiger charge is 2.31. The number of aromatic nitrogens is 2. The predicted octanol–water partition coefficient (Wildman–Crippen LogP) is 2.18. The Morgan fingerprint density at radius 2 is 2.00 bits per heavy atom. The van der Waals surface area contributed by atoms with Gasteiger partial charge in [-0.05, 0) is 51.2 Å². The van der Waals surface area contributed by atoms with Gasteiger partial charge in [-0.15, -0.1) is 0 Å². The lowest BCUT2D eigenvalue weighted by molar-refractivity contribution is -0.129. The van der Waals surface area contributed by atoms with Crippen molar-refractivity contribution in [2.75, 3.05) is 0 Å². The normalized spacial score (nSPS) is 17.0. The molecule has 130 valence electrons. The van der Waals surface area contributed by atoms with Crippen LogP contribution in [0.5, 0.6) is 0 Å². The summed E-state index contributed by atoms with van der Waals surface area (Å²) in [5.41, 5.74) is 3.28. The number of nitrogens with one attached hydrogen (secondary N) is 1. The van der Waals surface area contributed by atoms with Crippen LogP contribution in [0.2, 0.25) is 0 Å². The maximum Gasteiger partial charge on any atom is 0.359 e. The van der Waals surface area contributed by atoms with E-state index in [9.17, 15) is 9.59 Å². The molecule has 2 aliphatic carbocycles. The molecule has 25 heavy (non-hydrogen) atoms. The Kier molecular flexibility index (Phi) is 4.03. The Balaban J connectivity index is 1.55. The third kappa shape index (κ3) is 3.16. The zero-order valence-electron chi connectivity index (χ0n) is 14.2. The Hall–Kier alpha value is -2.63. The van der Waals surface area contributed by atoms with E-state index < -0.39 is 12.1 Å². The highest BCUT2D eigenvalue weighted by Crippen LogP contribution is 2.28. The molecule has 0 saturated heterocycles. The molecular weight excluding hydrogens is 318 g/mol. The molecule has 1 amide bonds. The van der Waals surface area contributed by atoms with Gasteiger partial charge in [-0.25, -0.2) is 9.48 Å². The first-order chi connectivity index (χ1) is 12.1. The smallest absolute Gasteiger partial charge is 0.359 e. The summed E-state index contributed by atoms with van der Waals surface area (Å²) < 4.78 is 7.20. The number of esters is 1. The minimum absolute atomic E-state index is 0.241. The van der Waals surface area contributed by atoms with Crippen LogP contribution in [0, 0.1) is 0 Å². The van der Waals surface area contributed by atoms with Gasteiger partial charge in [0.2, 0.25) is 0 Å². The highest BCUT2D eigenvalue weighted by atomic mass is 16.5. The van der Waals surface area contributed by atoms with Gasteiger partial charge in [0.1, 0.15) is 0 Å². The third-order valence-corrected chi connectivity index (χ3v) is 4.70. The lowest BCUT2D eigenvalue weighted by Crippen LogP contribution is -2.37. The molecule has 0 radical (unpaired) electrons. The Bertz CT molecular complexity index is 809. The lowest BCUT2D eigenvalue weighted by Gasteiger charge is -2.12. The second kappa shape index (κ2) is 6.35. The van der Waals surface area contributed by atoms with Gasteiger partial charge in [0.25, 0.3) is 5.91 Å². The molecule has 6 nitrogen and oxygen atoms in total. The molecule has 1 aromatic carbocycles. The van der Waals surface area contributed by atoms with Crippen LogP contribution in [0.3, 0.4) is 0 Å². The molecular formula is C19H21N3O3. The van der Waals surface area contributed by atoms with Gasteiger partial charge in [-0.2, -0.15) is 5.10 Å². The van der Waals surface area contributed by atoms with E-state index in [-0.39, 0.29) is 11.9 Å². The molecule has 0 unspecified atom stereocenters. The Morgan fingerprint density at radius 3 is 2.72 bits per heavy atom. The summed E-state index contributed by atoms with van der Waals surface area (Å²) in [5.74, 6) is -0.763. The molecule has 4 rings (SSSR count). The number of carbonyl (C=O) groups is 2. The molecule has 0 spiro atoms. The SMILES string of the molecule is C[C@H](OC(=O)c1nn(-c2ccccc2)c2c1CCC2)C(=O)NC1CC1. The fourth-order valence-corrected chi connectivity index (χ4v) is 3.20. The summed E-state index contributed by atoms with van der Waals surface area (Å²) in [4.78, 5) is 24.6. The van der Waals surface area contributed by atoms with Crippen LogP contribution in [-0.4, -0.2) is 33.8 Å².